The highest BCUT2D eigenvalue weighted by Gasteiger charge is 2.52. The molecule has 278 valence electrons. The van der Waals surface area contributed by atoms with E-state index < -0.39 is 0 Å². The lowest BCUT2D eigenvalue weighted by atomic mass is 9.31. The van der Waals surface area contributed by atoms with Crippen molar-refractivity contribution in [2.75, 3.05) is 19.5 Å². The third kappa shape index (κ3) is 4.64. The lowest BCUT2D eigenvalue weighted by Crippen LogP contribution is -2.68. The van der Waals surface area contributed by atoms with E-state index in [-0.39, 0.29) is 13.6 Å². The molecule has 0 N–H and O–H groups in total. The van der Waals surface area contributed by atoms with E-state index in [4.69, 9.17) is 0 Å². The van der Waals surface area contributed by atoms with Gasteiger partial charge in [0.05, 0.1) is 0 Å². The molecule has 0 aromatic heterocycles. The minimum absolute atomic E-state index is 0.0433. The third-order valence-electron chi connectivity index (χ3n) is 13.0. The van der Waals surface area contributed by atoms with Crippen molar-refractivity contribution < 1.29 is 0 Å². The maximum absolute atomic E-state index is 2.63. The van der Waals surface area contributed by atoms with Gasteiger partial charge in [-0.05, 0) is 118 Å². The van der Waals surface area contributed by atoms with Crippen molar-refractivity contribution in [2.45, 2.75) is 0 Å². The molecule has 4 aliphatic rings. The number of para-hydroxylation sites is 7. The fourth-order valence-corrected chi connectivity index (χ4v) is 10.6. The van der Waals surface area contributed by atoms with Crippen LogP contribution in [0.5, 0.6) is 0 Å². The van der Waals surface area contributed by atoms with Gasteiger partial charge in [-0.15, -0.1) is 0 Å². The molecule has 0 atom stereocenters. The zero-order chi connectivity index (χ0) is 39.3. The number of anilines is 11. The number of benzene rings is 9. The van der Waals surface area contributed by atoms with Crippen LogP contribution in [0.15, 0.2) is 218 Å². The number of fused-ring (bicyclic) bond motifs is 10. The first-order valence-electron chi connectivity index (χ1n) is 20.9. The van der Waals surface area contributed by atoms with Crippen molar-refractivity contribution in [3.8, 4) is 11.1 Å². The monoisotopic (exact) mass is 762 g/mol. The Labute approximate surface area is 351 Å². The Morgan fingerprint density at radius 2 is 0.867 bits per heavy atom. The van der Waals surface area contributed by atoms with Crippen LogP contribution in [0.25, 0.3) is 11.1 Å². The van der Waals surface area contributed by atoms with Crippen LogP contribution in [0.1, 0.15) is 0 Å². The van der Waals surface area contributed by atoms with Gasteiger partial charge in [0, 0.05) is 68.1 Å². The second-order valence-corrected chi connectivity index (χ2v) is 16.1. The minimum atomic E-state index is -0.0898. The molecule has 0 spiro atoms. The molecule has 0 bridgehead atoms. The topological polar surface area (TPSA) is 13.0 Å². The van der Waals surface area contributed by atoms with Crippen LogP contribution in [-0.4, -0.2) is 13.6 Å². The van der Waals surface area contributed by atoms with Crippen LogP contribution in [0.3, 0.4) is 0 Å². The Morgan fingerprint density at radius 1 is 0.333 bits per heavy atom. The highest BCUT2D eigenvalue weighted by molar-refractivity contribution is 7.02. The third-order valence-corrected chi connectivity index (χ3v) is 13.0. The SMILES string of the molecule is c1ccc(N2B3c4ccc(N(c5ccccc5)c5ccccc5)cc4N4c5ccccc5B5c6ccccc6N(c6ccccc6)c6cc(c3c4c65)-c3ccccc32)cc1. The van der Waals surface area contributed by atoms with Gasteiger partial charge in [-0.3, -0.25) is 0 Å². The Kier molecular flexibility index (Phi) is 7.16. The fraction of sp³-hybridized carbons (Fsp3) is 0. The predicted molar refractivity (Wildman–Crippen MR) is 254 cm³/mol. The van der Waals surface area contributed by atoms with Crippen LogP contribution in [-0.2, 0) is 0 Å². The average molecular weight is 763 g/mol. The molecule has 0 unspecified atom stereocenters. The van der Waals surface area contributed by atoms with E-state index >= 15 is 0 Å². The Hall–Kier alpha value is -7.69. The molecule has 0 aliphatic carbocycles. The van der Waals surface area contributed by atoms with Crippen molar-refractivity contribution in [3.05, 3.63) is 218 Å². The van der Waals surface area contributed by atoms with Crippen molar-refractivity contribution in [1.82, 2.24) is 0 Å². The van der Waals surface area contributed by atoms with E-state index in [9.17, 15) is 0 Å². The number of hydrogen-bond donors (Lipinski definition) is 0. The number of rotatable bonds is 5. The number of hydrogen-bond acceptors (Lipinski definition) is 4. The summed E-state index contributed by atoms with van der Waals surface area (Å²) in [6.45, 7) is -0.0464. The van der Waals surface area contributed by atoms with Crippen LogP contribution < -0.4 is 46.8 Å². The first-order valence-corrected chi connectivity index (χ1v) is 20.9. The molecular weight excluding hydrogens is 726 g/mol. The smallest absolute Gasteiger partial charge is 0.333 e. The largest absolute Gasteiger partial charge is 0.376 e. The van der Waals surface area contributed by atoms with Gasteiger partial charge in [0.2, 0.25) is 0 Å². The molecule has 9 aromatic carbocycles. The molecule has 9 aromatic rings. The van der Waals surface area contributed by atoms with E-state index in [0.717, 1.165) is 22.7 Å². The second-order valence-electron chi connectivity index (χ2n) is 16.1. The molecule has 13 rings (SSSR count). The molecule has 6 heteroatoms. The first kappa shape index (κ1) is 33.3. The van der Waals surface area contributed by atoms with Crippen molar-refractivity contribution in [2.24, 2.45) is 0 Å². The van der Waals surface area contributed by atoms with E-state index in [1.807, 2.05) is 0 Å². The molecular formula is C54H36B2N4. The van der Waals surface area contributed by atoms with E-state index in [1.165, 1.54) is 78.3 Å². The Morgan fingerprint density at radius 3 is 1.52 bits per heavy atom. The lowest BCUT2D eigenvalue weighted by Gasteiger charge is -2.51. The molecule has 0 fully saturated rings. The summed E-state index contributed by atoms with van der Waals surface area (Å²) in [7, 11) is 0. The van der Waals surface area contributed by atoms with Gasteiger partial charge in [-0.2, -0.15) is 0 Å². The summed E-state index contributed by atoms with van der Waals surface area (Å²) in [6, 6.07) is 80.4. The molecule has 0 amide bonds. The molecule has 4 nitrogen and oxygen atoms in total. The van der Waals surface area contributed by atoms with Crippen molar-refractivity contribution >= 4 is 103 Å². The Bertz CT molecular complexity index is 3100. The molecule has 0 radical (unpaired) electrons. The summed E-state index contributed by atoms with van der Waals surface area (Å²) >= 11 is 0. The fourth-order valence-electron chi connectivity index (χ4n) is 10.6. The van der Waals surface area contributed by atoms with Crippen LogP contribution in [0.2, 0.25) is 0 Å². The summed E-state index contributed by atoms with van der Waals surface area (Å²) in [5.74, 6) is 0. The van der Waals surface area contributed by atoms with Gasteiger partial charge in [0.25, 0.3) is 6.71 Å². The zero-order valence-electron chi connectivity index (χ0n) is 32.7. The second kappa shape index (κ2) is 12.9. The van der Waals surface area contributed by atoms with Crippen LogP contribution in [0, 0.1) is 0 Å². The van der Waals surface area contributed by atoms with E-state index in [1.54, 1.807) is 0 Å². The van der Waals surface area contributed by atoms with Gasteiger partial charge in [0.15, 0.2) is 0 Å². The van der Waals surface area contributed by atoms with Crippen molar-refractivity contribution in [3.63, 3.8) is 0 Å². The van der Waals surface area contributed by atoms with Crippen LogP contribution in [0.4, 0.5) is 62.6 Å². The summed E-state index contributed by atoms with van der Waals surface area (Å²) < 4.78 is 0. The maximum atomic E-state index is 2.63. The van der Waals surface area contributed by atoms with Gasteiger partial charge in [-0.25, -0.2) is 0 Å². The molecule has 4 heterocycles. The predicted octanol–water partition coefficient (Wildman–Crippen LogP) is 10.5. The van der Waals surface area contributed by atoms with Gasteiger partial charge in [0.1, 0.15) is 0 Å². The minimum Gasteiger partial charge on any atom is -0.376 e. The van der Waals surface area contributed by atoms with Crippen molar-refractivity contribution in [1.29, 1.82) is 0 Å². The summed E-state index contributed by atoms with van der Waals surface area (Å²) in [4.78, 5) is 10.1. The molecule has 0 saturated heterocycles. The average Bonchev–Trinajstić information content (AvgIpc) is 3.32. The Balaban J connectivity index is 1.18. The molecule has 0 saturated carbocycles. The zero-order valence-corrected chi connectivity index (χ0v) is 32.7. The molecule has 4 aliphatic heterocycles. The maximum Gasteiger partial charge on any atom is 0.333 e. The summed E-state index contributed by atoms with van der Waals surface area (Å²) in [6.07, 6.45) is 0. The van der Waals surface area contributed by atoms with E-state index in [0.29, 0.717) is 0 Å². The molecule has 60 heavy (non-hydrogen) atoms. The van der Waals surface area contributed by atoms with E-state index in [2.05, 4.69) is 238 Å². The standard InChI is InChI=1S/C54H36B2N4/c1-5-19-37(20-6-1)57(38-21-7-2-8-22-38)41-33-34-46-50(35-41)59-49-32-18-15-29-45(49)55-44-28-14-17-31-48(44)58(39-23-9-3-10-24-39)51-36-43-42-27-13-16-30-47(42)60(40-25-11-4-12-26-40)56(46)52(43)54(59)53(51)55/h1-36H. The van der Waals surface area contributed by atoms with Crippen LogP contribution >= 0.6 is 0 Å². The number of nitrogens with zero attached hydrogens (tertiary/aromatic N) is 4. The normalized spacial score (nSPS) is 13.5. The summed E-state index contributed by atoms with van der Waals surface area (Å²) in [5, 5.41) is 0. The van der Waals surface area contributed by atoms with Gasteiger partial charge >= 0.3 is 6.85 Å². The van der Waals surface area contributed by atoms with Gasteiger partial charge in [-0.1, -0.05) is 133 Å². The quantitative estimate of drug-likeness (QED) is 0.162. The highest BCUT2D eigenvalue weighted by Crippen LogP contribution is 2.51. The highest BCUT2D eigenvalue weighted by atomic mass is 15.2. The first-order chi connectivity index (χ1) is 29.8. The lowest BCUT2D eigenvalue weighted by molar-refractivity contribution is 1.23. The van der Waals surface area contributed by atoms with Gasteiger partial charge < -0.3 is 19.5 Å². The summed E-state index contributed by atoms with van der Waals surface area (Å²) in [5.41, 5.74) is 22.2.